The molecule has 7 nitrogen and oxygen atoms in total. The van der Waals surface area contributed by atoms with Gasteiger partial charge in [0.2, 0.25) is 0 Å². The van der Waals surface area contributed by atoms with Gasteiger partial charge in [0, 0.05) is 31.6 Å². The molecule has 2 amide bonds. The van der Waals surface area contributed by atoms with Crippen molar-refractivity contribution in [2.24, 2.45) is 0 Å². The summed E-state index contributed by atoms with van der Waals surface area (Å²) in [6.45, 7) is 5.15. The molecule has 1 fully saturated rings. The number of halogens is 1. The van der Waals surface area contributed by atoms with Crippen LogP contribution in [0.2, 0.25) is 0 Å². The second kappa shape index (κ2) is 8.90. The Bertz CT molecular complexity index is 1240. The Morgan fingerprint density at radius 1 is 0.875 bits per heavy atom. The number of benzene rings is 2. The number of carbonyl (C=O) groups is 2. The molecule has 1 aliphatic rings. The van der Waals surface area contributed by atoms with Crippen LogP contribution >= 0.6 is 0 Å². The number of carbonyl (C=O) groups excluding carboxylic acids is 2. The molecule has 0 saturated carbocycles. The van der Waals surface area contributed by atoms with Crippen molar-refractivity contribution in [1.29, 1.82) is 0 Å². The number of rotatable bonds is 3. The summed E-state index contributed by atoms with van der Waals surface area (Å²) in [5.41, 5.74) is 0.0244. The first-order valence-electron chi connectivity index (χ1n) is 10.7. The van der Waals surface area contributed by atoms with E-state index in [0.717, 1.165) is 0 Å². The minimum absolute atomic E-state index is 0.0314. The average molecular weight is 436 g/mol. The molecule has 2 aromatic carbocycles. The molecule has 2 heterocycles. The van der Waals surface area contributed by atoms with Crippen LogP contribution in [0.25, 0.3) is 10.8 Å². The molecule has 32 heavy (non-hydrogen) atoms. The zero-order valence-corrected chi connectivity index (χ0v) is 18.1. The SMILES string of the molecule is CC(C)n1nc(C(=O)N2CCCN(C(=O)c3ccccc3F)CC2)c2ccccc2c1=O. The molecule has 1 aliphatic heterocycles. The van der Waals surface area contributed by atoms with E-state index in [-0.39, 0.29) is 34.7 Å². The van der Waals surface area contributed by atoms with Crippen molar-refractivity contribution in [3.8, 4) is 0 Å². The normalized spacial score (nSPS) is 14.6. The molecule has 3 aromatic rings. The van der Waals surface area contributed by atoms with Gasteiger partial charge in [-0.25, -0.2) is 9.07 Å². The van der Waals surface area contributed by atoms with Gasteiger partial charge >= 0.3 is 0 Å². The van der Waals surface area contributed by atoms with E-state index in [9.17, 15) is 18.8 Å². The molecule has 8 heteroatoms. The molecule has 0 atom stereocenters. The number of aromatic nitrogens is 2. The third-order valence-electron chi connectivity index (χ3n) is 5.69. The van der Waals surface area contributed by atoms with Crippen molar-refractivity contribution in [3.63, 3.8) is 0 Å². The van der Waals surface area contributed by atoms with Crippen molar-refractivity contribution in [2.75, 3.05) is 26.2 Å². The summed E-state index contributed by atoms with van der Waals surface area (Å²) >= 11 is 0. The largest absolute Gasteiger partial charge is 0.337 e. The fourth-order valence-electron chi connectivity index (χ4n) is 3.99. The van der Waals surface area contributed by atoms with Gasteiger partial charge in [0.15, 0.2) is 5.69 Å². The maximum absolute atomic E-state index is 14.1. The average Bonchev–Trinajstić information content (AvgIpc) is 3.05. The lowest BCUT2D eigenvalue weighted by atomic mass is 10.1. The second-order valence-electron chi connectivity index (χ2n) is 8.16. The summed E-state index contributed by atoms with van der Waals surface area (Å²) in [5.74, 6) is -1.22. The highest BCUT2D eigenvalue weighted by atomic mass is 19.1. The Balaban J connectivity index is 1.61. The third-order valence-corrected chi connectivity index (χ3v) is 5.69. The van der Waals surface area contributed by atoms with Gasteiger partial charge in [-0.05, 0) is 38.5 Å². The first-order chi connectivity index (χ1) is 15.4. The predicted octanol–water partition coefficient (Wildman–Crippen LogP) is 3.10. The van der Waals surface area contributed by atoms with Crippen LogP contribution in [-0.2, 0) is 0 Å². The fourth-order valence-corrected chi connectivity index (χ4v) is 3.99. The lowest BCUT2D eigenvalue weighted by Gasteiger charge is -2.23. The van der Waals surface area contributed by atoms with Crippen LogP contribution in [-0.4, -0.2) is 57.6 Å². The van der Waals surface area contributed by atoms with Gasteiger partial charge in [-0.1, -0.05) is 30.3 Å². The maximum Gasteiger partial charge on any atom is 0.275 e. The summed E-state index contributed by atoms with van der Waals surface area (Å²) < 4.78 is 15.4. The van der Waals surface area contributed by atoms with E-state index in [4.69, 9.17) is 0 Å². The van der Waals surface area contributed by atoms with Gasteiger partial charge in [0.1, 0.15) is 5.82 Å². The zero-order valence-electron chi connectivity index (χ0n) is 18.1. The number of fused-ring (bicyclic) bond motifs is 1. The first-order valence-corrected chi connectivity index (χ1v) is 10.7. The monoisotopic (exact) mass is 436 g/mol. The minimum Gasteiger partial charge on any atom is -0.337 e. The van der Waals surface area contributed by atoms with Gasteiger partial charge < -0.3 is 9.80 Å². The van der Waals surface area contributed by atoms with Gasteiger partial charge in [-0.2, -0.15) is 5.10 Å². The Kier molecular flexibility index (Phi) is 6.03. The highest BCUT2D eigenvalue weighted by Gasteiger charge is 2.27. The van der Waals surface area contributed by atoms with E-state index in [2.05, 4.69) is 5.10 Å². The molecule has 0 aliphatic carbocycles. The maximum atomic E-state index is 14.1. The molecule has 0 N–H and O–H groups in total. The van der Waals surface area contributed by atoms with Gasteiger partial charge in [0.25, 0.3) is 17.4 Å². The van der Waals surface area contributed by atoms with Crippen LogP contribution < -0.4 is 5.56 Å². The van der Waals surface area contributed by atoms with E-state index in [1.54, 1.807) is 46.2 Å². The third kappa shape index (κ3) is 4.00. The molecular formula is C24H25FN4O3. The number of amides is 2. The fraction of sp³-hybridized carbons (Fsp3) is 0.333. The van der Waals surface area contributed by atoms with Crippen LogP contribution in [0.1, 0.15) is 47.2 Å². The van der Waals surface area contributed by atoms with E-state index in [0.29, 0.717) is 43.4 Å². The van der Waals surface area contributed by atoms with E-state index in [1.165, 1.54) is 16.8 Å². The van der Waals surface area contributed by atoms with Crippen molar-refractivity contribution in [1.82, 2.24) is 19.6 Å². The number of hydrogen-bond acceptors (Lipinski definition) is 4. The van der Waals surface area contributed by atoms with Gasteiger partial charge in [0.05, 0.1) is 17.0 Å². The number of hydrogen-bond donors (Lipinski definition) is 0. The summed E-state index contributed by atoms with van der Waals surface area (Å²) in [7, 11) is 0. The van der Waals surface area contributed by atoms with Crippen LogP contribution in [0.15, 0.2) is 53.3 Å². The predicted molar refractivity (Wildman–Crippen MR) is 119 cm³/mol. The second-order valence-corrected chi connectivity index (χ2v) is 8.16. The smallest absolute Gasteiger partial charge is 0.275 e. The Morgan fingerprint density at radius 3 is 2.12 bits per heavy atom. The molecule has 0 bridgehead atoms. The topological polar surface area (TPSA) is 75.5 Å². The van der Waals surface area contributed by atoms with Crippen molar-refractivity contribution in [3.05, 3.63) is 76.0 Å². The van der Waals surface area contributed by atoms with Gasteiger partial charge in [-0.3, -0.25) is 14.4 Å². The van der Waals surface area contributed by atoms with Crippen LogP contribution in [0, 0.1) is 5.82 Å². The lowest BCUT2D eigenvalue weighted by molar-refractivity contribution is 0.0712. The Labute approximate surface area is 185 Å². The molecule has 4 rings (SSSR count). The van der Waals surface area contributed by atoms with E-state index in [1.807, 2.05) is 13.8 Å². The lowest BCUT2D eigenvalue weighted by Crippen LogP contribution is -2.39. The molecule has 0 unspecified atom stereocenters. The van der Waals surface area contributed by atoms with Gasteiger partial charge in [-0.15, -0.1) is 0 Å². The molecule has 1 aromatic heterocycles. The minimum atomic E-state index is -0.554. The Hall–Kier alpha value is -3.55. The van der Waals surface area contributed by atoms with Crippen LogP contribution in [0.3, 0.4) is 0 Å². The quantitative estimate of drug-likeness (QED) is 0.632. The van der Waals surface area contributed by atoms with E-state index >= 15 is 0 Å². The molecule has 0 spiro atoms. The Morgan fingerprint density at radius 2 is 1.47 bits per heavy atom. The van der Waals surface area contributed by atoms with Crippen molar-refractivity contribution in [2.45, 2.75) is 26.3 Å². The molecule has 166 valence electrons. The molecular weight excluding hydrogens is 411 g/mol. The van der Waals surface area contributed by atoms with E-state index < -0.39 is 5.82 Å². The highest BCUT2D eigenvalue weighted by molar-refractivity contribution is 6.04. The zero-order chi connectivity index (χ0) is 22.8. The summed E-state index contributed by atoms with van der Waals surface area (Å²) in [5, 5.41) is 5.37. The molecule has 1 saturated heterocycles. The standard InChI is InChI=1S/C24H25FN4O3/c1-16(2)29-23(31)18-9-4-3-8-17(18)21(26-29)24(32)28-13-7-12-27(14-15-28)22(30)19-10-5-6-11-20(19)25/h3-6,8-11,16H,7,12-15H2,1-2H3. The first kappa shape index (κ1) is 21.7. The van der Waals surface area contributed by atoms with Crippen LogP contribution in [0.5, 0.6) is 0 Å². The summed E-state index contributed by atoms with van der Waals surface area (Å²) in [6, 6.07) is 12.7. The number of nitrogens with zero attached hydrogens (tertiary/aromatic N) is 4. The summed E-state index contributed by atoms with van der Waals surface area (Å²) in [4.78, 5) is 42.2. The highest BCUT2D eigenvalue weighted by Crippen LogP contribution is 2.18. The summed E-state index contributed by atoms with van der Waals surface area (Å²) in [6.07, 6.45) is 0.563. The van der Waals surface area contributed by atoms with Crippen molar-refractivity contribution < 1.29 is 14.0 Å². The molecule has 0 radical (unpaired) electrons. The van der Waals surface area contributed by atoms with Crippen molar-refractivity contribution >= 4 is 22.6 Å². The van der Waals surface area contributed by atoms with Crippen LogP contribution in [0.4, 0.5) is 4.39 Å².